The summed E-state index contributed by atoms with van der Waals surface area (Å²) in [6.07, 6.45) is 3.05. The zero-order valence-corrected chi connectivity index (χ0v) is 11.6. The molecule has 7 heteroatoms. The van der Waals surface area contributed by atoms with Crippen molar-refractivity contribution in [3.63, 3.8) is 0 Å². The first-order valence-electron chi connectivity index (χ1n) is 6.27. The maximum Gasteiger partial charge on any atom is 0.208 e. The van der Waals surface area contributed by atoms with E-state index in [0.29, 0.717) is 21.8 Å². The molecule has 104 valence electrons. The van der Waals surface area contributed by atoms with Crippen molar-refractivity contribution in [1.29, 1.82) is 0 Å². The maximum atomic E-state index is 13.0. The van der Waals surface area contributed by atoms with E-state index in [0.717, 1.165) is 0 Å². The zero-order valence-electron chi connectivity index (χ0n) is 10.7. The standard InChI is InChI=1S/C14H10N4O2S/c19-21(20,13-5-1-3-11-9(13)7-15-17-11)14-6-2-4-12-10(14)8-16-18-12/h1-8H,(H,15,17)(H,16,18). The van der Waals surface area contributed by atoms with Gasteiger partial charge in [-0.25, -0.2) is 8.42 Å². The van der Waals surface area contributed by atoms with Crippen LogP contribution in [0.1, 0.15) is 0 Å². The van der Waals surface area contributed by atoms with E-state index in [4.69, 9.17) is 0 Å². The highest BCUT2D eigenvalue weighted by molar-refractivity contribution is 7.92. The van der Waals surface area contributed by atoms with Gasteiger partial charge in [0.25, 0.3) is 0 Å². The second-order valence-corrected chi connectivity index (χ2v) is 6.56. The normalized spacial score (nSPS) is 12.2. The molecule has 0 radical (unpaired) electrons. The number of aromatic amines is 2. The number of benzene rings is 2. The molecule has 0 unspecified atom stereocenters. The first-order chi connectivity index (χ1) is 10.2. The summed E-state index contributed by atoms with van der Waals surface area (Å²) in [6, 6.07) is 10.2. The Balaban J connectivity index is 2.07. The van der Waals surface area contributed by atoms with Gasteiger partial charge < -0.3 is 0 Å². The second-order valence-electron chi connectivity index (χ2n) is 4.68. The van der Waals surface area contributed by atoms with Crippen molar-refractivity contribution in [1.82, 2.24) is 20.4 Å². The number of aromatic nitrogens is 4. The van der Waals surface area contributed by atoms with Crippen LogP contribution in [0.25, 0.3) is 21.8 Å². The monoisotopic (exact) mass is 298 g/mol. The van der Waals surface area contributed by atoms with Gasteiger partial charge in [0.1, 0.15) is 0 Å². The van der Waals surface area contributed by atoms with E-state index in [1.54, 1.807) is 36.4 Å². The number of H-pyrrole nitrogens is 2. The lowest BCUT2D eigenvalue weighted by Gasteiger charge is -2.06. The molecule has 0 fully saturated rings. The summed E-state index contributed by atoms with van der Waals surface area (Å²) in [5.74, 6) is 0. The first kappa shape index (κ1) is 12.1. The Bertz CT molecular complexity index is 983. The van der Waals surface area contributed by atoms with Crippen molar-refractivity contribution in [3.8, 4) is 0 Å². The van der Waals surface area contributed by atoms with Crippen LogP contribution in [-0.2, 0) is 9.84 Å². The molecular formula is C14H10N4O2S. The predicted molar refractivity (Wildman–Crippen MR) is 77.6 cm³/mol. The van der Waals surface area contributed by atoms with Gasteiger partial charge in [-0.2, -0.15) is 10.2 Å². The molecule has 0 saturated carbocycles. The van der Waals surface area contributed by atoms with Gasteiger partial charge in [0, 0.05) is 10.8 Å². The van der Waals surface area contributed by atoms with E-state index in [2.05, 4.69) is 20.4 Å². The van der Waals surface area contributed by atoms with Crippen molar-refractivity contribution in [3.05, 3.63) is 48.8 Å². The van der Waals surface area contributed by atoms with Crippen molar-refractivity contribution in [2.75, 3.05) is 0 Å². The van der Waals surface area contributed by atoms with Crippen molar-refractivity contribution in [2.24, 2.45) is 0 Å². The van der Waals surface area contributed by atoms with E-state index < -0.39 is 9.84 Å². The van der Waals surface area contributed by atoms with Gasteiger partial charge in [-0.05, 0) is 24.3 Å². The molecule has 0 spiro atoms. The number of rotatable bonds is 2. The fourth-order valence-electron chi connectivity index (χ4n) is 2.47. The number of fused-ring (bicyclic) bond motifs is 2. The molecule has 6 nitrogen and oxygen atoms in total. The molecule has 2 N–H and O–H groups in total. The highest BCUT2D eigenvalue weighted by Gasteiger charge is 2.23. The van der Waals surface area contributed by atoms with Gasteiger partial charge in [0.2, 0.25) is 9.84 Å². The summed E-state index contributed by atoms with van der Waals surface area (Å²) in [5, 5.41) is 14.6. The third-order valence-electron chi connectivity index (χ3n) is 3.47. The summed E-state index contributed by atoms with van der Waals surface area (Å²) < 4.78 is 25.9. The van der Waals surface area contributed by atoms with Crippen LogP contribution in [0.5, 0.6) is 0 Å². The Morgan fingerprint density at radius 1 is 0.762 bits per heavy atom. The molecule has 0 bridgehead atoms. The van der Waals surface area contributed by atoms with Crippen LogP contribution in [0.3, 0.4) is 0 Å². The third-order valence-corrected chi connectivity index (χ3v) is 5.34. The highest BCUT2D eigenvalue weighted by atomic mass is 32.2. The molecule has 2 aromatic heterocycles. The molecule has 0 atom stereocenters. The van der Waals surface area contributed by atoms with Crippen LogP contribution in [0.15, 0.2) is 58.6 Å². The number of nitrogens with one attached hydrogen (secondary N) is 2. The quantitative estimate of drug-likeness (QED) is 0.594. The van der Waals surface area contributed by atoms with Crippen LogP contribution in [0, 0.1) is 0 Å². The second kappa shape index (κ2) is 4.16. The lowest BCUT2D eigenvalue weighted by atomic mass is 10.2. The lowest BCUT2D eigenvalue weighted by Crippen LogP contribution is -2.02. The van der Waals surface area contributed by atoms with Gasteiger partial charge in [0.05, 0.1) is 33.2 Å². The Labute approximate surface area is 119 Å². The fraction of sp³-hybridized carbons (Fsp3) is 0. The number of sulfone groups is 1. The van der Waals surface area contributed by atoms with Gasteiger partial charge in [-0.1, -0.05) is 12.1 Å². The van der Waals surface area contributed by atoms with E-state index in [1.165, 1.54) is 12.4 Å². The van der Waals surface area contributed by atoms with Gasteiger partial charge >= 0.3 is 0 Å². The van der Waals surface area contributed by atoms with Crippen molar-refractivity contribution in [2.45, 2.75) is 9.79 Å². The molecule has 0 aliphatic rings. The van der Waals surface area contributed by atoms with E-state index in [-0.39, 0.29) is 9.79 Å². The van der Waals surface area contributed by atoms with Gasteiger partial charge in [-0.3, -0.25) is 10.2 Å². The van der Waals surface area contributed by atoms with Crippen LogP contribution in [0.2, 0.25) is 0 Å². The summed E-state index contributed by atoms with van der Waals surface area (Å²) in [4.78, 5) is 0.477. The molecule has 0 aliphatic heterocycles. The first-order valence-corrected chi connectivity index (χ1v) is 7.75. The maximum absolute atomic E-state index is 13.0. The molecule has 0 saturated heterocycles. The number of hydrogen-bond donors (Lipinski definition) is 2. The Morgan fingerprint density at radius 2 is 1.24 bits per heavy atom. The van der Waals surface area contributed by atoms with Crippen LogP contribution >= 0.6 is 0 Å². The minimum absolute atomic E-state index is 0.238. The van der Waals surface area contributed by atoms with Crippen molar-refractivity contribution >= 4 is 31.6 Å². The van der Waals surface area contributed by atoms with Gasteiger partial charge in [-0.15, -0.1) is 0 Å². The highest BCUT2D eigenvalue weighted by Crippen LogP contribution is 2.30. The van der Waals surface area contributed by atoms with E-state index in [1.807, 2.05) is 0 Å². The number of nitrogens with zero attached hydrogens (tertiary/aromatic N) is 2. The number of hydrogen-bond acceptors (Lipinski definition) is 4. The summed E-state index contributed by atoms with van der Waals surface area (Å²) in [6.45, 7) is 0. The van der Waals surface area contributed by atoms with Crippen LogP contribution in [-0.4, -0.2) is 28.8 Å². The Kier molecular flexibility index (Phi) is 2.40. The van der Waals surface area contributed by atoms with Crippen LogP contribution in [0.4, 0.5) is 0 Å². The van der Waals surface area contributed by atoms with Gasteiger partial charge in [0.15, 0.2) is 0 Å². The molecule has 2 heterocycles. The Morgan fingerprint density at radius 3 is 1.71 bits per heavy atom. The molecular weight excluding hydrogens is 288 g/mol. The van der Waals surface area contributed by atoms with Crippen molar-refractivity contribution < 1.29 is 8.42 Å². The lowest BCUT2D eigenvalue weighted by molar-refractivity contribution is 0.598. The molecule has 21 heavy (non-hydrogen) atoms. The third kappa shape index (κ3) is 1.67. The minimum atomic E-state index is -3.65. The fourth-order valence-corrected chi connectivity index (χ4v) is 4.13. The molecule has 4 rings (SSSR count). The Hall–Kier alpha value is -2.67. The molecule has 2 aromatic carbocycles. The smallest absolute Gasteiger partial charge is 0.208 e. The molecule has 0 aliphatic carbocycles. The average molecular weight is 298 g/mol. The predicted octanol–water partition coefficient (Wildman–Crippen LogP) is 2.27. The van der Waals surface area contributed by atoms with E-state index >= 15 is 0 Å². The topological polar surface area (TPSA) is 91.5 Å². The zero-order chi connectivity index (χ0) is 14.4. The summed E-state index contributed by atoms with van der Waals surface area (Å²) in [5.41, 5.74) is 1.38. The SMILES string of the molecule is O=S(=O)(c1cccc2[nH]ncc12)c1cccc2[nH]ncc12. The average Bonchev–Trinajstić information content (AvgIpc) is 3.14. The largest absolute Gasteiger partial charge is 0.278 e. The summed E-state index contributed by atoms with van der Waals surface area (Å²) >= 11 is 0. The molecule has 0 amide bonds. The van der Waals surface area contributed by atoms with E-state index in [9.17, 15) is 8.42 Å². The minimum Gasteiger partial charge on any atom is -0.278 e. The summed E-state index contributed by atoms with van der Waals surface area (Å²) in [7, 11) is -3.65. The van der Waals surface area contributed by atoms with Crippen LogP contribution < -0.4 is 0 Å². The molecule has 4 aromatic rings.